The molecular formula is C13H29N3. The molecule has 0 saturated carbocycles. The molecule has 0 aromatic heterocycles. The number of likely N-dealkylation sites (tertiary alicyclic amines) is 1. The van der Waals surface area contributed by atoms with Gasteiger partial charge in [0.25, 0.3) is 0 Å². The fourth-order valence-corrected chi connectivity index (χ4v) is 2.13. The summed E-state index contributed by atoms with van der Waals surface area (Å²) in [5.74, 6) is 0. The summed E-state index contributed by atoms with van der Waals surface area (Å²) in [7, 11) is 2.20. The van der Waals surface area contributed by atoms with Crippen molar-refractivity contribution in [1.29, 1.82) is 0 Å². The van der Waals surface area contributed by atoms with Crippen molar-refractivity contribution in [2.24, 2.45) is 0 Å². The molecule has 1 saturated heterocycles. The predicted octanol–water partition coefficient (Wildman–Crippen LogP) is 1.40. The van der Waals surface area contributed by atoms with E-state index in [1.54, 1.807) is 0 Å². The van der Waals surface area contributed by atoms with Crippen LogP contribution in [-0.2, 0) is 0 Å². The lowest BCUT2D eigenvalue weighted by Crippen LogP contribution is -2.40. The normalized spacial score (nSPS) is 22.9. The summed E-state index contributed by atoms with van der Waals surface area (Å²) >= 11 is 0. The van der Waals surface area contributed by atoms with Gasteiger partial charge in [-0.3, -0.25) is 4.90 Å². The highest BCUT2D eigenvalue weighted by Gasteiger charge is 2.23. The molecule has 3 nitrogen and oxygen atoms in total. The maximum absolute atomic E-state index is 3.67. The smallest absolute Gasteiger partial charge is 0.0207 e. The van der Waals surface area contributed by atoms with E-state index in [-0.39, 0.29) is 0 Å². The first-order chi connectivity index (χ1) is 7.50. The van der Waals surface area contributed by atoms with E-state index < -0.39 is 0 Å². The first-order valence-electron chi connectivity index (χ1n) is 6.68. The van der Waals surface area contributed by atoms with Crippen LogP contribution in [0.15, 0.2) is 0 Å². The fourth-order valence-electron chi connectivity index (χ4n) is 2.13. The number of nitrogens with zero attached hydrogens (tertiary/aromatic N) is 2. The summed E-state index contributed by atoms with van der Waals surface area (Å²) in [6.45, 7) is 13.8. The molecule has 1 atom stereocenters. The molecule has 1 N–H and O–H groups in total. The Morgan fingerprint density at radius 1 is 1.31 bits per heavy atom. The summed E-state index contributed by atoms with van der Waals surface area (Å²) in [4.78, 5) is 4.95. The molecule has 0 spiro atoms. The first kappa shape index (κ1) is 13.9. The van der Waals surface area contributed by atoms with Gasteiger partial charge in [-0.2, -0.15) is 0 Å². The molecule has 0 amide bonds. The van der Waals surface area contributed by atoms with Crippen LogP contribution in [0, 0.1) is 0 Å². The SMILES string of the molecule is CC(C)N(C)CCNC1CCN(C(C)C)C1. The van der Waals surface area contributed by atoms with Crippen molar-refractivity contribution in [2.75, 3.05) is 33.2 Å². The minimum atomic E-state index is 0.651. The van der Waals surface area contributed by atoms with E-state index in [1.807, 2.05) is 0 Å². The van der Waals surface area contributed by atoms with Crippen LogP contribution >= 0.6 is 0 Å². The second-order valence-electron chi connectivity index (χ2n) is 5.60. The maximum atomic E-state index is 3.67. The highest BCUT2D eigenvalue weighted by molar-refractivity contribution is 4.82. The van der Waals surface area contributed by atoms with Gasteiger partial charge < -0.3 is 10.2 Å². The van der Waals surface area contributed by atoms with E-state index in [9.17, 15) is 0 Å². The Balaban J connectivity index is 2.11. The van der Waals surface area contributed by atoms with Gasteiger partial charge in [0, 0.05) is 37.8 Å². The predicted molar refractivity (Wildman–Crippen MR) is 70.9 cm³/mol. The summed E-state index contributed by atoms with van der Waals surface area (Å²) in [6.07, 6.45) is 1.31. The molecule has 1 heterocycles. The van der Waals surface area contributed by atoms with Gasteiger partial charge in [0.1, 0.15) is 0 Å². The quantitative estimate of drug-likeness (QED) is 0.740. The van der Waals surface area contributed by atoms with Crippen molar-refractivity contribution in [1.82, 2.24) is 15.1 Å². The topological polar surface area (TPSA) is 18.5 Å². The van der Waals surface area contributed by atoms with Gasteiger partial charge in [0.2, 0.25) is 0 Å². The number of likely N-dealkylation sites (N-methyl/N-ethyl adjacent to an activating group) is 1. The molecule has 16 heavy (non-hydrogen) atoms. The third-order valence-electron chi connectivity index (χ3n) is 3.73. The zero-order chi connectivity index (χ0) is 12.1. The van der Waals surface area contributed by atoms with Gasteiger partial charge in [-0.05, 0) is 47.7 Å². The molecule has 0 bridgehead atoms. The molecule has 0 aromatic carbocycles. The van der Waals surface area contributed by atoms with Crippen molar-refractivity contribution in [3.8, 4) is 0 Å². The van der Waals surface area contributed by atoms with E-state index in [1.165, 1.54) is 19.5 Å². The van der Waals surface area contributed by atoms with Crippen molar-refractivity contribution in [2.45, 2.75) is 52.2 Å². The van der Waals surface area contributed by atoms with Crippen molar-refractivity contribution < 1.29 is 0 Å². The van der Waals surface area contributed by atoms with Crippen LogP contribution in [0.2, 0.25) is 0 Å². The van der Waals surface area contributed by atoms with E-state index in [0.29, 0.717) is 18.1 Å². The molecule has 1 rings (SSSR count). The molecular weight excluding hydrogens is 198 g/mol. The lowest BCUT2D eigenvalue weighted by molar-refractivity contribution is 0.256. The maximum Gasteiger partial charge on any atom is 0.0207 e. The first-order valence-corrected chi connectivity index (χ1v) is 6.68. The van der Waals surface area contributed by atoms with Crippen molar-refractivity contribution in [3.05, 3.63) is 0 Å². The van der Waals surface area contributed by atoms with Crippen LogP contribution in [0.5, 0.6) is 0 Å². The average molecular weight is 227 g/mol. The second kappa shape index (κ2) is 6.58. The molecule has 1 aliphatic rings. The second-order valence-corrected chi connectivity index (χ2v) is 5.60. The van der Waals surface area contributed by atoms with Gasteiger partial charge in [-0.15, -0.1) is 0 Å². The number of nitrogens with one attached hydrogen (secondary N) is 1. The molecule has 1 unspecified atom stereocenters. The lowest BCUT2D eigenvalue weighted by atomic mass is 10.2. The van der Waals surface area contributed by atoms with Gasteiger partial charge >= 0.3 is 0 Å². The standard InChI is InChI=1S/C13H29N3/c1-11(2)15(5)9-7-14-13-6-8-16(10-13)12(3)4/h11-14H,6-10H2,1-5H3. The van der Waals surface area contributed by atoms with Crippen LogP contribution in [0.1, 0.15) is 34.1 Å². The highest BCUT2D eigenvalue weighted by atomic mass is 15.2. The highest BCUT2D eigenvalue weighted by Crippen LogP contribution is 2.11. The minimum Gasteiger partial charge on any atom is -0.311 e. The Labute approximate surface area is 101 Å². The van der Waals surface area contributed by atoms with Gasteiger partial charge in [0.05, 0.1) is 0 Å². The van der Waals surface area contributed by atoms with Crippen molar-refractivity contribution >= 4 is 0 Å². The van der Waals surface area contributed by atoms with Crippen LogP contribution in [0.25, 0.3) is 0 Å². The summed E-state index contributed by atoms with van der Waals surface area (Å²) in [5.41, 5.74) is 0. The molecule has 0 aliphatic carbocycles. The van der Waals surface area contributed by atoms with Crippen LogP contribution in [0.3, 0.4) is 0 Å². The van der Waals surface area contributed by atoms with E-state index in [2.05, 4.69) is 49.9 Å². The molecule has 3 heteroatoms. The third kappa shape index (κ3) is 4.40. The van der Waals surface area contributed by atoms with Crippen LogP contribution in [-0.4, -0.2) is 61.2 Å². The Hall–Kier alpha value is -0.120. The number of hydrogen-bond donors (Lipinski definition) is 1. The van der Waals surface area contributed by atoms with E-state index in [4.69, 9.17) is 0 Å². The lowest BCUT2D eigenvalue weighted by Gasteiger charge is -2.23. The largest absolute Gasteiger partial charge is 0.311 e. The van der Waals surface area contributed by atoms with Gasteiger partial charge in [0.15, 0.2) is 0 Å². The molecule has 96 valence electrons. The Morgan fingerprint density at radius 3 is 2.50 bits per heavy atom. The van der Waals surface area contributed by atoms with Crippen molar-refractivity contribution in [3.63, 3.8) is 0 Å². The van der Waals surface area contributed by atoms with Crippen LogP contribution < -0.4 is 5.32 Å². The monoisotopic (exact) mass is 227 g/mol. The molecule has 1 aliphatic heterocycles. The molecule has 1 fully saturated rings. The molecule has 0 radical (unpaired) electrons. The average Bonchev–Trinajstić information content (AvgIpc) is 2.66. The van der Waals surface area contributed by atoms with E-state index in [0.717, 1.165) is 13.1 Å². The van der Waals surface area contributed by atoms with Gasteiger partial charge in [-0.1, -0.05) is 0 Å². The van der Waals surface area contributed by atoms with E-state index >= 15 is 0 Å². The number of hydrogen-bond acceptors (Lipinski definition) is 3. The Kier molecular flexibility index (Phi) is 5.73. The zero-order valence-electron chi connectivity index (χ0n) is 11.7. The summed E-state index contributed by atoms with van der Waals surface area (Å²) < 4.78 is 0. The minimum absolute atomic E-state index is 0.651. The summed E-state index contributed by atoms with van der Waals surface area (Å²) in [5, 5.41) is 3.67. The Bertz CT molecular complexity index is 192. The third-order valence-corrected chi connectivity index (χ3v) is 3.73. The number of rotatable bonds is 6. The Morgan fingerprint density at radius 2 is 2.00 bits per heavy atom. The van der Waals surface area contributed by atoms with Gasteiger partial charge in [-0.25, -0.2) is 0 Å². The fraction of sp³-hybridized carbons (Fsp3) is 1.00. The zero-order valence-corrected chi connectivity index (χ0v) is 11.7. The summed E-state index contributed by atoms with van der Waals surface area (Å²) in [6, 6.07) is 2.06. The van der Waals surface area contributed by atoms with Crippen LogP contribution in [0.4, 0.5) is 0 Å². The molecule has 0 aromatic rings.